The Morgan fingerprint density at radius 2 is 1.83 bits per heavy atom. The Labute approximate surface area is 135 Å². The third-order valence-electron chi connectivity index (χ3n) is 3.74. The Morgan fingerprint density at radius 3 is 2.39 bits per heavy atom. The smallest absolute Gasteiger partial charge is 0.338 e. The molecule has 0 unspecified atom stereocenters. The zero-order valence-electron chi connectivity index (χ0n) is 13.4. The van der Waals surface area contributed by atoms with E-state index in [0.29, 0.717) is 11.5 Å². The second kappa shape index (κ2) is 7.05. The molecule has 2 aromatic rings. The van der Waals surface area contributed by atoms with E-state index in [1.165, 1.54) is 23.8 Å². The molecule has 0 saturated carbocycles. The van der Waals surface area contributed by atoms with Crippen LogP contribution in [0.15, 0.2) is 42.5 Å². The van der Waals surface area contributed by atoms with Crippen LogP contribution in [0.1, 0.15) is 46.8 Å². The molecule has 0 radical (unpaired) electrons. The maximum absolute atomic E-state index is 12.1. The molecule has 0 saturated heterocycles. The summed E-state index contributed by atoms with van der Waals surface area (Å²) < 4.78 is 5.27. The maximum Gasteiger partial charge on any atom is 0.338 e. The normalized spacial score (nSPS) is 10.6. The van der Waals surface area contributed by atoms with E-state index in [2.05, 4.69) is 13.8 Å². The molecule has 0 atom stereocenters. The van der Waals surface area contributed by atoms with E-state index >= 15 is 0 Å². The van der Waals surface area contributed by atoms with Crippen LogP contribution in [0.25, 0.3) is 0 Å². The Morgan fingerprint density at radius 1 is 1.17 bits per heavy atom. The van der Waals surface area contributed by atoms with Gasteiger partial charge in [0.2, 0.25) is 0 Å². The number of esters is 1. The molecule has 0 heterocycles. The number of rotatable bonds is 5. The highest BCUT2D eigenvalue weighted by Gasteiger charge is 2.18. The number of hydrogen-bond acceptors (Lipinski definition) is 4. The molecule has 120 valence electrons. The largest absolute Gasteiger partial charge is 0.457 e. The molecule has 0 spiro atoms. The molecule has 0 aliphatic rings. The van der Waals surface area contributed by atoms with Gasteiger partial charge in [-0.25, -0.2) is 4.79 Å². The van der Waals surface area contributed by atoms with E-state index in [1.54, 1.807) is 6.92 Å². The van der Waals surface area contributed by atoms with Crippen LogP contribution in [0, 0.1) is 17.0 Å². The Kier molecular flexibility index (Phi) is 5.11. The first kappa shape index (κ1) is 16.7. The highest BCUT2D eigenvalue weighted by atomic mass is 16.6. The summed E-state index contributed by atoms with van der Waals surface area (Å²) >= 11 is 0. The van der Waals surface area contributed by atoms with Crippen LogP contribution in [0.5, 0.6) is 0 Å². The van der Waals surface area contributed by atoms with Gasteiger partial charge in [0.05, 0.1) is 10.5 Å². The Hall–Kier alpha value is -2.69. The molecule has 2 aromatic carbocycles. The van der Waals surface area contributed by atoms with E-state index in [0.717, 1.165) is 5.56 Å². The second-order valence-electron chi connectivity index (χ2n) is 5.68. The van der Waals surface area contributed by atoms with Crippen LogP contribution in [0.3, 0.4) is 0 Å². The van der Waals surface area contributed by atoms with E-state index in [1.807, 2.05) is 24.3 Å². The lowest BCUT2D eigenvalue weighted by Crippen LogP contribution is -2.08. The second-order valence-corrected chi connectivity index (χ2v) is 5.68. The van der Waals surface area contributed by atoms with Gasteiger partial charge in [-0.1, -0.05) is 44.2 Å². The summed E-state index contributed by atoms with van der Waals surface area (Å²) in [5.41, 5.74) is 2.55. The minimum atomic E-state index is -0.556. The number of nitro groups is 1. The van der Waals surface area contributed by atoms with Gasteiger partial charge in [-0.15, -0.1) is 0 Å². The van der Waals surface area contributed by atoms with Crippen LogP contribution in [-0.2, 0) is 11.3 Å². The maximum atomic E-state index is 12.1. The van der Waals surface area contributed by atoms with Gasteiger partial charge < -0.3 is 4.74 Å². The fourth-order valence-electron chi connectivity index (χ4n) is 2.27. The van der Waals surface area contributed by atoms with Gasteiger partial charge in [-0.05, 0) is 30.0 Å². The fraction of sp³-hybridized carbons (Fsp3) is 0.278. The van der Waals surface area contributed by atoms with Crippen LogP contribution < -0.4 is 0 Å². The summed E-state index contributed by atoms with van der Waals surface area (Å²) in [6.07, 6.45) is 0. The summed E-state index contributed by atoms with van der Waals surface area (Å²) in [6.45, 7) is 5.91. The molecule has 0 amide bonds. The summed E-state index contributed by atoms with van der Waals surface area (Å²) in [5, 5.41) is 10.9. The summed E-state index contributed by atoms with van der Waals surface area (Å²) in [6, 6.07) is 12.2. The van der Waals surface area contributed by atoms with Gasteiger partial charge in [0.25, 0.3) is 5.69 Å². The van der Waals surface area contributed by atoms with Crippen LogP contribution >= 0.6 is 0 Å². The minimum absolute atomic E-state index is 0.0827. The van der Waals surface area contributed by atoms with Crippen molar-refractivity contribution in [1.29, 1.82) is 0 Å². The third kappa shape index (κ3) is 3.94. The standard InChI is InChI=1S/C18H19NO4/c1-12(2)15-9-7-14(8-10-15)11-23-18(20)16-5-4-6-17(13(16)3)19(21)22/h4-10,12H,11H2,1-3H3. The number of carbonyl (C=O) groups excluding carboxylic acids is 1. The van der Waals surface area contributed by atoms with Crippen molar-refractivity contribution in [2.45, 2.75) is 33.3 Å². The summed E-state index contributed by atoms with van der Waals surface area (Å²) in [7, 11) is 0. The molecule has 0 bridgehead atoms. The van der Waals surface area contributed by atoms with Crippen molar-refractivity contribution < 1.29 is 14.5 Å². The lowest BCUT2D eigenvalue weighted by atomic mass is 10.0. The number of hydrogen-bond donors (Lipinski definition) is 0. The Balaban J connectivity index is 2.08. The minimum Gasteiger partial charge on any atom is -0.457 e. The summed E-state index contributed by atoms with van der Waals surface area (Å²) in [4.78, 5) is 22.6. The van der Waals surface area contributed by atoms with Crippen molar-refractivity contribution in [3.8, 4) is 0 Å². The molecule has 0 aromatic heterocycles. The molecule has 2 rings (SSSR count). The molecule has 0 fully saturated rings. The van der Waals surface area contributed by atoms with Crippen LogP contribution in [0.2, 0.25) is 0 Å². The van der Waals surface area contributed by atoms with Crippen molar-refractivity contribution in [3.63, 3.8) is 0 Å². The molecule has 0 aliphatic heterocycles. The van der Waals surface area contributed by atoms with Crippen molar-refractivity contribution in [1.82, 2.24) is 0 Å². The zero-order valence-corrected chi connectivity index (χ0v) is 13.4. The molecule has 0 N–H and O–H groups in total. The van der Waals surface area contributed by atoms with Gasteiger partial charge in [0.1, 0.15) is 6.61 Å². The van der Waals surface area contributed by atoms with E-state index in [9.17, 15) is 14.9 Å². The van der Waals surface area contributed by atoms with Gasteiger partial charge in [0.15, 0.2) is 0 Å². The van der Waals surface area contributed by atoms with Gasteiger partial charge in [-0.2, -0.15) is 0 Å². The number of nitrogens with zero attached hydrogens (tertiary/aromatic N) is 1. The van der Waals surface area contributed by atoms with Crippen molar-refractivity contribution in [3.05, 3.63) is 74.8 Å². The number of nitro benzene ring substituents is 1. The van der Waals surface area contributed by atoms with Crippen molar-refractivity contribution in [2.75, 3.05) is 0 Å². The molecule has 5 nitrogen and oxygen atoms in total. The molecule has 0 aliphatic carbocycles. The van der Waals surface area contributed by atoms with Gasteiger partial charge >= 0.3 is 5.97 Å². The van der Waals surface area contributed by atoms with Crippen molar-refractivity contribution in [2.24, 2.45) is 0 Å². The lowest BCUT2D eigenvalue weighted by Gasteiger charge is -2.09. The van der Waals surface area contributed by atoms with Crippen LogP contribution in [-0.4, -0.2) is 10.9 Å². The molecule has 23 heavy (non-hydrogen) atoms. The van der Waals surface area contributed by atoms with Crippen molar-refractivity contribution >= 4 is 11.7 Å². The van der Waals surface area contributed by atoms with Crippen LogP contribution in [0.4, 0.5) is 5.69 Å². The first-order chi connectivity index (χ1) is 10.9. The average Bonchev–Trinajstić information content (AvgIpc) is 2.53. The highest BCUT2D eigenvalue weighted by molar-refractivity contribution is 5.92. The third-order valence-corrected chi connectivity index (χ3v) is 3.74. The topological polar surface area (TPSA) is 69.4 Å². The fourth-order valence-corrected chi connectivity index (χ4v) is 2.27. The quantitative estimate of drug-likeness (QED) is 0.466. The van der Waals surface area contributed by atoms with E-state index in [-0.39, 0.29) is 17.9 Å². The first-order valence-electron chi connectivity index (χ1n) is 7.40. The van der Waals surface area contributed by atoms with E-state index in [4.69, 9.17) is 4.74 Å². The molecular weight excluding hydrogens is 294 g/mol. The average molecular weight is 313 g/mol. The van der Waals surface area contributed by atoms with E-state index < -0.39 is 10.9 Å². The predicted molar refractivity (Wildman–Crippen MR) is 87.5 cm³/mol. The number of benzene rings is 2. The highest BCUT2D eigenvalue weighted by Crippen LogP contribution is 2.22. The number of carbonyl (C=O) groups is 1. The number of ether oxygens (including phenoxy) is 1. The molecular formula is C18H19NO4. The molecule has 5 heteroatoms. The monoisotopic (exact) mass is 313 g/mol. The van der Waals surface area contributed by atoms with Gasteiger partial charge in [0, 0.05) is 11.6 Å². The summed E-state index contributed by atoms with van der Waals surface area (Å²) in [5.74, 6) is -0.113. The SMILES string of the molecule is Cc1c(C(=O)OCc2ccc(C(C)C)cc2)cccc1[N+](=O)[O-]. The Bertz CT molecular complexity index is 720. The predicted octanol–water partition coefficient (Wildman–Crippen LogP) is 4.38. The van der Waals surface area contributed by atoms with Gasteiger partial charge in [-0.3, -0.25) is 10.1 Å². The lowest BCUT2D eigenvalue weighted by molar-refractivity contribution is -0.385. The first-order valence-corrected chi connectivity index (χ1v) is 7.40. The zero-order chi connectivity index (χ0) is 17.0.